The molecular weight excluding hydrogens is 246 g/mol. The van der Waals surface area contributed by atoms with E-state index in [2.05, 4.69) is 52.1 Å². The lowest BCUT2D eigenvalue weighted by Gasteiger charge is -2.16. The zero-order valence-electron chi connectivity index (χ0n) is 7.63. The average Bonchev–Trinajstić information content (AvgIpc) is 2.16. The lowest BCUT2D eigenvalue weighted by atomic mass is 10.1. The molecule has 0 radical (unpaired) electrons. The molecule has 1 aromatic carbocycles. The third-order valence-corrected chi connectivity index (χ3v) is 3.03. The topological polar surface area (TPSA) is 12.0 Å². The summed E-state index contributed by atoms with van der Waals surface area (Å²) >= 11 is 7.79. The summed E-state index contributed by atoms with van der Waals surface area (Å²) in [5.41, 5.74) is 1.30. The predicted molar refractivity (Wildman–Crippen MR) is 64.4 cm³/mol. The molecule has 13 heavy (non-hydrogen) atoms. The minimum Gasteiger partial charge on any atom is -0.313 e. The first kappa shape index (κ1) is 11.1. The van der Waals surface area contributed by atoms with Gasteiger partial charge in [-0.3, -0.25) is 0 Å². The first-order valence-corrected chi connectivity index (χ1v) is 5.74. The average molecular weight is 260 g/mol. The number of nitrogens with one attached hydrogen (secondary N) is 1. The molecule has 0 spiro atoms. The Morgan fingerprint density at radius 1 is 1.46 bits per heavy atom. The number of halogens is 1. The van der Waals surface area contributed by atoms with Gasteiger partial charge in [-0.25, -0.2) is 0 Å². The predicted octanol–water partition coefficient (Wildman–Crippen LogP) is 3.03. The molecule has 1 aromatic rings. The van der Waals surface area contributed by atoms with Crippen molar-refractivity contribution in [1.29, 1.82) is 0 Å². The molecule has 3 heteroatoms. The summed E-state index contributed by atoms with van der Waals surface area (Å²) < 4.78 is 1.16. The molecule has 0 heterocycles. The highest BCUT2D eigenvalue weighted by Gasteiger charge is 2.10. The molecule has 0 saturated carbocycles. The number of hydrogen-bond acceptors (Lipinski definition) is 2. The van der Waals surface area contributed by atoms with Crippen molar-refractivity contribution < 1.29 is 0 Å². The largest absolute Gasteiger partial charge is 0.313 e. The van der Waals surface area contributed by atoms with Gasteiger partial charge in [0, 0.05) is 10.5 Å². The number of benzene rings is 1. The third-order valence-electron chi connectivity index (χ3n) is 2.05. The van der Waals surface area contributed by atoms with Crippen LogP contribution in [0.15, 0.2) is 28.7 Å². The van der Waals surface area contributed by atoms with Crippen LogP contribution in [0.1, 0.15) is 18.0 Å². The van der Waals surface area contributed by atoms with Gasteiger partial charge in [0.2, 0.25) is 0 Å². The minimum atomic E-state index is 0.396. The third kappa shape index (κ3) is 3.01. The van der Waals surface area contributed by atoms with Gasteiger partial charge >= 0.3 is 0 Å². The lowest BCUT2D eigenvalue weighted by molar-refractivity contribution is 0.579. The van der Waals surface area contributed by atoms with Crippen LogP contribution in [-0.4, -0.2) is 12.8 Å². The zero-order valence-corrected chi connectivity index (χ0v) is 10.1. The zero-order chi connectivity index (χ0) is 9.68. The molecule has 1 N–H and O–H groups in total. The molecule has 1 rings (SSSR count). The van der Waals surface area contributed by atoms with E-state index >= 15 is 0 Å². The van der Waals surface area contributed by atoms with E-state index in [1.165, 1.54) is 5.56 Å². The molecule has 0 aliphatic carbocycles. The summed E-state index contributed by atoms with van der Waals surface area (Å²) in [5, 5.41) is 3.28. The van der Waals surface area contributed by atoms with Crippen LogP contribution in [0.25, 0.3) is 0 Å². The maximum atomic E-state index is 4.24. The van der Waals surface area contributed by atoms with E-state index in [-0.39, 0.29) is 0 Å². The molecule has 1 unspecified atom stereocenters. The first-order valence-electron chi connectivity index (χ1n) is 4.32. The Morgan fingerprint density at radius 3 is 2.69 bits per heavy atom. The van der Waals surface area contributed by atoms with E-state index < -0.39 is 0 Å². The van der Waals surface area contributed by atoms with Crippen LogP contribution < -0.4 is 5.32 Å². The van der Waals surface area contributed by atoms with Crippen LogP contribution in [-0.2, 0) is 0 Å². The maximum absolute atomic E-state index is 4.24. The van der Waals surface area contributed by atoms with Crippen LogP contribution in [0.3, 0.4) is 0 Å². The molecule has 0 aliphatic rings. The van der Waals surface area contributed by atoms with Crippen molar-refractivity contribution >= 4 is 28.6 Å². The van der Waals surface area contributed by atoms with Gasteiger partial charge in [0.1, 0.15) is 0 Å². The molecule has 72 valence electrons. The summed E-state index contributed by atoms with van der Waals surface area (Å²) in [5.74, 6) is 0.896. The van der Waals surface area contributed by atoms with Crippen LogP contribution in [0.4, 0.5) is 0 Å². The first-order chi connectivity index (χ1) is 6.29. The molecular formula is C10H14BrNS. The maximum Gasteiger partial charge on any atom is 0.0336 e. The number of rotatable bonds is 4. The molecule has 0 fully saturated rings. The Labute approximate surface area is 93.5 Å². The van der Waals surface area contributed by atoms with Crippen molar-refractivity contribution in [3.63, 3.8) is 0 Å². The van der Waals surface area contributed by atoms with Gasteiger partial charge in [-0.15, -0.1) is 0 Å². The highest BCUT2D eigenvalue weighted by molar-refractivity contribution is 9.10. The number of hydrogen-bond donors (Lipinski definition) is 2. The summed E-state index contributed by atoms with van der Waals surface area (Å²) in [4.78, 5) is 0. The Balaban J connectivity index is 2.84. The molecule has 0 bridgehead atoms. The standard InChI is InChI=1S/C10H14BrNS/c1-12-10(6-7-13)8-4-2-3-5-9(8)11/h2-5,10,12-13H,6-7H2,1H3. The molecule has 1 atom stereocenters. The second-order valence-corrected chi connectivity index (χ2v) is 4.18. The molecule has 0 amide bonds. The van der Waals surface area contributed by atoms with E-state index in [4.69, 9.17) is 0 Å². The van der Waals surface area contributed by atoms with Crippen molar-refractivity contribution in [2.24, 2.45) is 0 Å². The highest BCUT2D eigenvalue weighted by atomic mass is 79.9. The monoisotopic (exact) mass is 259 g/mol. The van der Waals surface area contributed by atoms with E-state index in [0.717, 1.165) is 16.6 Å². The Bertz CT molecular complexity index is 265. The second kappa shape index (κ2) is 5.68. The minimum absolute atomic E-state index is 0.396. The van der Waals surface area contributed by atoms with Crippen LogP contribution >= 0.6 is 28.6 Å². The summed E-state index contributed by atoms with van der Waals surface area (Å²) in [6.45, 7) is 0. The highest BCUT2D eigenvalue weighted by Crippen LogP contribution is 2.25. The van der Waals surface area contributed by atoms with Crippen molar-refractivity contribution in [2.45, 2.75) is 12.5 Å². The van der Waals surface area contributed by atoms with Gasteiger partial charge in [0.25, 0.3) is 0 Å². The smallest absolute Gasteiger partial charge is 0.0336 e. The SMILES string of the molecule is CNC(CCS)c1ccccc1Br. The van der Waals surface area contributed by atoms with Gasteiger partial charge in [-0.2, -0.15) is 12.6 Å². The fraction of sp³-hybridized carbons (Fsp3) is 0.400. The Hall–Kier alpha value is 0.01000. The van der Waals surface area contributed by atoms with E-state index in [1.54, 1.807) is 0 Å². The Kier molecular flexibility index (Phi) is 4.84. The van der Waals surface area contributed by atoms with Crippen molar-refractivity contribution in [2.75, 3.05) is 12.8 Å². The van der Waals surface area contributed by atoms with Crippen LogP contribution in [0, 0.1) is 0 Å². The van der Waals surface area contributed by atoms with E-state index in [9.17, 15) is 0 Å². The fourth-order valence-electron chi connectivity index (χ4n) is 1.34. The van der Waals surface area contributed by atoms with Gasteiger partial charge in [0.15, 0.2) is 0 Å². The fourth-order valence-corrected chi connectivity index (χ4v) is 2.16. The quantitative estimate of drug-likeness (QED) is 0.793. The summed E-state index contributed by atoms with van der Waals surface area (Å²) in [6, 6.07) is 8.68. The Morgan fingerprint density at radius 2 is 2.15 bits per heavy atom. The molecule has 0 aromatic heterocycles. The van der Waals surface area contributed by atoms with Crippen molar-refractivity contribution in [3.05, 3.63) is 34.3 Å². The van der Waals surface area contributed by atoms with Crippen LogP contribution in [0.5, 0.6) is 0 Å². The van der Waals surface area contributed by atoms with Gasteiger partial charge in [-0.1, -0.05) is 34.1 Å². The van der Waals surface area contributed by atoms with Gasteiger partial charge in [0.05, 0.1) is 0 Å². The van der Waals surface area contributed by atoms with Gasteiger partial charge in [-0.05, 0) is 30.9 Å². The van der Waals surface area contributed by atoms with E-state index in [1.807, 2.05) is 13.1 Å². The molecule has 1 nitrogen and oxygen atoms in total. The van der Waals surface area contributed by atoms with E-state index in [0.29, 0.717) is 6.04 Å². The normalized spacial score (nSPS) is 12.8. The molecule has 0 saturated heterocycles. The molecule has 0 aliphatic heterocycles. The second-order valence-electron chi connectivity index (χ2n) is 2.88. The van der Waals surface area contributed by atoms with Crippen LogP contribution in [0.2, 0.25) is 0 Å². The lowest BCUT2D eigenvalue weighted by Crippen LogP contribution is -2.17. The van der Waals surface area contributed by atoms with Crippen molar-refractivity contribution in [1.82, 2.24) is 5.32 Å². The number of thiol groups is 1. The van der Waals surface area contributed by atoms with Crippen molar-refractivity contribution in [3.8, 4) is 0 Å². The van der Waals surface area contributed by atoms with Gasteiger partial charge < -0.3 is 5.32 Å². The summed E-state index contributed by atoms with van der Waals surface area (Å²) in [7, 11) is 1.98. The summed E-state index contributed by atoms with van der Waals surface area (Å²) in [6.07, 6.45) is 1.04.